The van der Waals surface area contributed by atoms with Crippen LogP contribution in [0, 0.1) is 0 Å². The summed E-state index contributed by atoms with van der Waals surface area (Å²) in [4.78, 5) is 46.5. The predicted molar refractivity (Wildman–Crippen MR) is 104 cm³/mol. The van der Waals surface area contributed by atoms with E-state index in [1.807, 2.05) is 4.90 Å². The van der Waals surface area contributed by atoms with Gasteiger partial charge >= 0.3 is 6.36 Å². The molecule has 2 amide bonds. The number of alkyl halides is 3. The molecule has 9 nitrogen and oxygen atoms in total. The zero-order valence-corrected chi connectivity index (χ0v) is 16.1. The van der Waals surface area contributed by atoms with Crippen molar-refractivity contribution in [2.24, 2.45) is 0 Å². The van der Waals surface area contributed by atoms with E-state index in [0.29, 0.717) is 5.95 Å². The summed E-state index contributed by atoms with van der Waals surface area (Å²) in [6.07, 6.45) is -3.27. The zero-order chi connectivity index (χ0) is 22.2. The third-order valence-electron chi connectivity index (χ3n) is 5.00. The molecule has 1 fully saturated rings. The molecule has 0 bridgehead atoms. The van der Waals surface area contributed by atoms with Gasteiger partial charge in [0.25, 0.3) is 5.56 Å². The number of aromatic nitrogens is 2. The minimum absolute atomic E-state index is 0.00254. The molecule has 0 aliphatic carbocycles. The molecule has 12 heteroatoms. The van der Waals surface area contributed by atoms with Gasteiger partial charge in [-0.25, -0.2) is 0 Å². The van der Waals surface area contributed by atoms with E-state index in [2.05, 4.69) is 25.3 Å². The van der Waals surface area contributed by atoms with E-state index in [4.69, 9.17) is 0 Å². The normalized spacial score (nSPS) is 18.4. The number of carbonyl (C=O) groups excluding carboxylic acids is 2. The highest BCUT2D eigenvalue weighted by Crippen LogP contribution is 2.31. The number of aromatic amines is 1. The molecule has 0 spiro atoms. The summed E-state index contributed by atoms with van der Waals surface area (Å²) >= 11 is 0. The molecule has 1 atom stereocenters. The van der Waals surface area contributed by atoms with Crippen LogP contribution >= 0.6 is 0 Å². The maximum absolute atomic E-state index is 12.8. The molecule has 0 unspecified atom stereocenters. The number of halogens is 3. The van der Waals surface area contributed by atoms with Crippen LogP contribution < -0.4 is 25.8 Å². The Morgan fingerprint density at radius 3 is 2.68 bits per heavy atom. The molecular formula is C19H18F3N5O4. The molecule has 0 radical (unpaired) electrons. The Morgan fingerprint density at radius 1 is 1.23 bits per heavy atom. The second-order valence-electron chi connectivity index (χ2n) is 7.22. The van der Waals surface area contributed by atoms with Crippen LogP contribution in [0.2, 0.25) is 0 Å². The molecule has 1 aromatic heterocycles. The van der Waals surface area contributed by atoms with E-state index in [1.54, 1.807) is 0 Å². The Labute approximate surface area is 173 Å². The molecular weight excluding hydrogens is 419 g/mol. The Hall–Kier alpha value is -3.57. The fourth-order valence-electron chi connectivity index (χ4n) is 3.66. The van der Waals surface area contributed by atoms with E-state index < -0.39 is 35.4 Å². The average molecular weight is 437 g/mol. The Balaban J connectivity index is 1.59. The first kappa shape index (κ1) is 20.7. The number of fused-ring (bicyclic) bond motifs is 1. The molecule has 31 heavy (non-hydrogen) atoms. The van der Waals surface area contributed by atoms with Crippen molar-refractivity contribution in [2.75, 3.05) is 28.6 Å². The van der Waals surface area contributed by atoms with Crippen molar-refractivity contribution in [2.45, 2.75) is 31.5 Å². The van der Waals surface area contributed by atoms with Gasteiger partial charge in [-0.2, -0.15) is 4.98 Å². The maximum atomic E-state index is 12.8. The van der Waals surface area contributed by atoms with Gasteiger partial charge in [0.2, 0.25) is 17.8 Å². The first-order chi connectivity index (χ1) is 14.7. The first-order valence-corrected chi connectivity index (χ1v) is 9.55. The number of benzene rings is 1. The fourth-order valence-corrected chi connectivity index (χ4v) is 3.66. The second-order valence-corrected chi connectivity index (χ2v) is 7.22. The van der Waals surface area contributed by atoms with Gasteiger partial charge in [-0.15, -0.1) is 13.2 Å². The van der Waals surface area contributed by atoms with E-state index >= 15 is 0 Å². The number of ether oxygens (including phenoxy) is 1. The van der Waals surface area contributed by atoms with Crippen molar-refractivity contribution in [3.05, 3.63) is 40.2 Å². The number of hydrogen-bond donors (Lipinski definition) is 3. The molecule has 2 aliphatic heterocycles. The molecule has 2 aliphatic rings. The van der Waals surface area contributed by atoms with Gasteiger partial charge in [-0.05, 0) is 25.0 Å². The largest absolute Gasteiger partial charge is 0.573 e. The summed E-state index contributed by atoms with van der Waals surface area (Å²) in [6, 6.07) is 4.72. The highest BCUT2D eigenvalue weighted by molar-refractivity contribution is 6.04. The molecule has 1 saturated heterocycles. The summed E-state index contributed by atoms with van der Waals surface area (Å²) in [5.74, 6) is -2.55. The third-order valence-corrected chi connectivity index (χ3v) is 5.00. The molecule has 4 rings (SSSR count). The van der Waals surface area contributed by atoms with Crippen molar-refractivity contribution in [1.82, 2.24) is 9.97 Å². The molecule has 164 valence electrons. The number of amides is 2. The van der Waals surface area contributed by atoms with Crippen molar-refractivity contribution in [3.8, 4) is 5.75 Å². The summed E-state index contributed by atoms with van der Waals surface area (Å²) in [5.41, 5.74) is -0.527. The van der Waals surface area contributed by atoms with Gasteiger partial charge in [-0.3, -0.25) is 19.4 Å². The number of H-pyrrole nitrogens is 1. The topological polar surface area (TPSA) is 116 Å². The number of anilines is 3. The van der Waals surface area contributed by atoms with Crippen molar-refractivity contribution >= 4 is 29.3 Å². The summed E-state index contributed by atoms with van der Waals surface area (Å²) in [5, 5.41) is 4.97. The van der Waals surface area contributed by atoms with Gasteiger partial charge in [0, 0.05) is 31.3 Å². The van der Waals surface area contributed by atoms with Gasteiger partial charge in [0.15, 0.2) is 0 Å². The second kappa shape index (κ2) is 7.93. The number of carbonyl (C=O) groups is 2. The Bertz CT molecular complexity index is 1080. The van der Waals surface area contributed by atoms with Gasteiger partial charge < -0.3 is 20.3 Å². The number of nitrogens with zero attached hydrogens (tertiary/aromatic N) is 2. The van der Waals surface area contributed by atoms with Crippen LogP contribution in [0.4, 0.5) is 30.6 Å². The lowest BCUT2D eigenvalue weighted by Crippen LogP contribution is -2.37. The zero-order valence-electron chi connectivity index (χ0n) is 16.1. The van der Waals surface area contributed by atoms with Gasteiger partial charge in [0.05, 0.1) is 11.5 Å². The number of rotatable bonds is 4. The Morgan fingerprint density at radius 2 is 1.97 bits per heavy atom. The van der Waals surface area contributed by atoms with E-state index in [9.17, 15) is 27.6 Å². The van der Waals surface area contributed by atoms with E-state index in [0.717, 1.165) is 38.1 Å². The highest BCUT2D eigenvalue weighted by Gasteiger charge is 2.35. The SMILES string of the molecule is O=C1C[C@@H](C(=O)Nc2cccc(OC(F)(F)F)c2)c2c(nc(N3CCCC3)[nH]c2=O)N1. The first-order valence-electron chi connectivity index (χ1n) is 9.55. The van der Waals surface area contributed by atoms with Crippen molar-refractivity contribution in [3.63, 3.8) is 0 Å². The molecule has 0 saturated carbocycles. The maximum Gasteiger partial charge on any atom is 0.573 e. The van der Waals surface area contributed by atoms with Crippen LogP contribution in [-0.4, -0.2) is 41.2 Å². The van der Waals surface area contributed by atoms with Gasteiger partial charge in [0.1, 0.15) is 11.6 Å². The van der Waals surface area contributed by atoms with Crippen molar-refractivity contribution < 1.29 is 27.5 Å². The lowest BCUT2D eigenvalue weighted by molar-refractivity contribution is -0.274. The monoisotopic (exact) mass is 437 g/mol. The smallest absolute Gasteiger partial charge is 0.406 e. The highest BCUT2D eigenvalue weighted by atomic mass is 19.4. The molecule has 3 N–H and O–H groups in total. The molecule has 3 heterocycles. The van der Waals surface area contributed by atoms with Crippen LogP contribution in [0.25, 0.3) is 0 Å². The summed E-state index contributed by atoms with van der Waals surface area (Å²) in [7, 11) is 0. The van der Waals surface area contributed by atoms with Crippen LogP contribution in [0.3, 0.4) is 0 Å². The van der Waals surface area contributed by atoms with E-state index in [1.165, 1.54) is 12.1 Å². The van der Waals surface area contributed by atoms with Crippen LogP contribution in [0.15, 0.2) is 29.1 Å². The minimum atomic E-state index is -4.88. The van der Waals surface area contributed by atoms with E-state index in [-0.39, 0.29) is 23.5 Å². The van der Waals surface area contributed by atoms with Crippen LogP contribution in [0.5, 0.6) is 5.75 Å². The molecule has 2 aromatic rings. The molecule has 1 aromatic carbocycles. The fraction of sp³-hybridized carbons (Fsp3) is 0.368. The average Bonchev–Trinajstić information content (AvgIpc) is 3.20. The standard InChI is InChI=1S/C19H18F3N5O4/c20-19(21,22)31-11-5-3-4-10(8-11)23-16(29)12-9-13(28)24-15-14(12)17(30)26-18(25-15)27-6-1-2-7-27/h3-5,8,12H,1-2,6-7,9H2,(H,23,29)(H2,24,25,26,28,30)/t12-/m1/s1. The lowest BCUT2D eigenvalue weighted by atomic mass is 9.92. The van der Waals surface area contributed by atoms with Crippen LogP contribution in [-0.2, 0) is 9.59 Å². The quantitative estimate of drug-likeness (QED) is 0.676. The summed E-state index contributed by atoms with van der Waals surface area (Å²) < 4.78 is 41.1. The number of nitrogens with one attached hydrogen (secondary N) is 3. The minimum Gasteiger partial charge on any atom is -0.406 e. The van der Waals surface area contributed by atoms with Crippen molar-refractivity contribution in [1.29, 1.82) is 0 Å². The van der Waals surface area contributed by atoms with Crippen LogP contribution in [0.1, 0.15) is 30.7 Å². The summed E-state index contributed by atoms with van der Waals surface area (Å²) in [6.45, 7) is 1.44. The third kappa shape index (κ3) is 4.62. The predicted octanol–water partition coefficient (Wildman–Crippen LogP) is 2.33. The number of hydrogen-bond acceptors (Lipinski definition) is 6. The van der Waals surface area contributed by atoms with Gasteiger partial charge in [-0.1, -0.05) is 6.07 Å². The lowest BCUT2D eigenvalue weighted by Gasteiger charge is -2.25. The Kier molecular flexibility index (Phi) is 5.29.